The second kappa shape index (κ2) is 6.78. The molecule has 0 saturated heterocycles. The van der Waals surface area contributed by atoms with Gasteiger partial charge in [-0.1, -0.05) is 19.0 Å². The minimum Gasteiger partial charge on any atom is -0.359 e. The van der Waals surface area contributed by atoms with Gasteiger partial charge in [0.05, 0.1) is 18.8 Å². The Kier molecular flexibility index (Phi) is 4.80. The number of nitrogens with zero attached hydrogens (tertiary/aromatic N) is 5. The highest BCUT2D eigenvalue weighted by Crippen LogP contribution is 2.08. The van der Waals surface area contributed by atoms with E-state index in [0.29, 0.717) is 31.2 Å². The third-order valence-corrected chi connectivity index (χ3v) is 2.64. The van der Waals surface area contributed by atoms with Crippen LogP contribution in [0.5, 0.6) is 0 Å². The van der Waals surface area contributed by atoms with Crippen LogP contribution in [-0.2, 0) is 24.3 Å². The normalized spacial score (nSPS) is 10.9. The molecular weight excluding hydrogens is 260 g/mol. The van der Waals surface area contributed by atoms with Crippen molar-refractivity contribution >= 4 is 5.91 Å². The van der Waals surface area contributed by atoms with Crippen LogP contribution in [0.25, 0.3) is 0 Å². The van der Waals surface area contributed by atoms with Crippen LogP contribution in [0.4, 0.5) is 0 Å². The molecule has 1 amide bonds. The van der Waals surface area contributed by atoms with Crippen LogP contribution < -0.4 is 5.32 Å². The zero-order chi connectivity index (χ0) is 14.4. The van der Waals surface area contributed by atoms with Crippen molar-refractivity contribution in [2.24, 2.45) is 5.92 Å². The molecule has 108 valence electrons. The SMILES string of the molecule is CC(C)Cc1cc(CNC(=O)CCn2cnnn2)on1. The number of carbonyl (C=O) groups is 1. The van der Waals surface area contributed by atoms with E-state index >= 15 is 0 Å². The maximum atomic E-state index is 11.6. The fourth-order valence-electron chi connectivity index (χ4n) is 1.73. The van der Waals surface area contributed by atoms with E-state index < -0.39 is 0 Å². The molecule has 8 heteroatoms. The largest absolute Gasteiger partial charge is 0.359 e. The van der Waals surface area contributed by atoms with Gasteiger partial charge in [0, 0.05) is 12.5 Å². The molecule has 2 aromatic heterocycles. The van der Waals surface area contributed by atoms with Crippen LogP contribution in [0.3, 0.4) is 0 Å². The van der Waals surface area contributed by atoms with Gasteiger partial charge in [0.1, 0.15) is 6.33 Å². The van der Waals surface area contributed by atoms with Gasteiger partial charge in [0.15, 0.2) is 5.76 Å². The van der Waals surface area contributed by atoms with Crippen molar-refractivity contribution in [3.63, 3.8) is 0 Å². The van der Waals surface area contributed by atoms with Crippen molar-refractivity contribution in [3.05, 3.63) is 23.8 Å². The average molecular weight is 278 g/mol. The molecule has 0 radical (unpaired) electrons. The lowest BCUT2D eigenvalue weighted by molar-refractivity contribution is -0.121. The maximum absolute atomic E-state index is 11.6. The third-order valence-electron chi connectivity index (χ3n) is 2.64. The van der Waals surface area contributed by atoms with Crippen molar-refractivity contribution in [1.82, 2.24) is 30.7 Å². The Morgan fingerprint density at radius 1 is 1.50 bits per heavy atom. The fourth-order valence-corrected chi connectivity index (χ4v) is 1.73. The van der Waals surface area contributed by atoms with Crippen molar-refractivity contribution < 1.29 is 9.32 Å². The van der Waals surface area contributed by atoms with E-state index in [2.05, 4.69) is 39.8 Å². The van der Waals surface area contributed by atoms with Crippen molar-refractivity contribution in [2.45, 2.75) is 39.8 Å². The summed E-state index contributed by atoms with van der Waals surface area (Å²) in [5.41, 5.74) is 0.915. The Balaban J connectivity index is 1.71. The summed E-state index contributed by atoms with van der Waals surface area (Å²) < 4.78 is 6.67. The Bertz CT molecular complexity index is 534. The first-order valence-corrected chi connectivity index (χ1v) is 6.55. The lowest BCUT2D eigenvalue weighted by Crippen LogP contribution is -2.23. The third kappa shape index (κ3) is 4.45. The molecular formula is C12H18N6O2. The van der Waals surface area contributed by atoms with E-state index in [1.165, 1.54) is 11.0 Å². The molecule has 0 aliphatic carbocycles. The molecule has 2 aromatic rings. The van der Waals surface area contributed by atoms with E-state index in [1.54, 1.807) is 0 Å². The van der Waals surface area contributed by atoms with E-state index in [4.69, 9.17) is 4.52 Å². The number of aromatic nitrogens is 5. The van der Waals surface area contributed by atoms with Gasteiger partial charge >= 0.3 is 0 Å². The number of amides is 1. The highest BCUT2D eigenvalue weighted by Gasteiger charge is 2.08. The van der Waals surface area contributed by atoms with Crippen molar-refractivity contribution in [2.75, 3.05) is 0 Å². The van der Waals surface area contributed by atoms with Gasteiger partial charge in [-0.3, -0.25) is 4.79 Å². The van der Waals surface area contributed by atoms with Crippen LogP contribution in [0.1, 0.15) is 31.7 Å². The first-order valence-electron chi connectivity index (χ1n) is 6.55. The van der Waals surface area contributed by atoms with Gasteiger partial charge < -0.3 is 9.84 Å². The molecule has 20 heavy (non-hydrogen) atoms. The smallest absolute Gasteiger partial charge is 0.222 e. The number of nitrogens with one attached hydrogen (secondary N) is 1. The van der Waals surface area contributed by atoms with Crippen molar-refractivity contribution in [3.8, 4) is 0 Å². The van der Waals surface area contributed by atoms with Crippen LogP contribution in [0.15, 0.2) is 16.9 Å². The van der Waals surface area contributed by atoms with Gasteiger partial charge in [-0.25, -0.2) is 4.68 Å². The van der Waals surface area contributed by atoms with E-state index in [0.717, 1.165) is 12.1 Å². The number of hydrogen-bond acceptors (Lipinski definition) is 6. The summed E-state index contributed by atoms with van der Waals surface area (Å²) >= 11 is 0. The van der Waals surface area contributed by atoms with Crippen LogP contribution >= 0.6 is 0 Å². The second-order valence-corrected chi connectivity index (χ2v) is 4.98. The molecule has 8 nitrogen and oxygen atoms in total. The van der Waals surface area contributed by atoms with Gasteiger partial charge in [-0.15, -0.1) is 5.10 Å². The zero-order valence-corrected chi connectivity index (χ0v) is 11.6. The first-order chi connectivity index (χ1) is 9.63. The Labute approximate surface area is 116 Å². The predicted molar refractivity (Wildman–Crippen MR) is 69.3 cm³/mol. The molecule has 0 spiro atoms. The fraction of sp³-hybridized carbons (Fsp3) is 0.583. The minimum atomic E-state index is -0.0812. The summed E-state index contributed by atoms with van der Waals surface area (Å²) in [4.78, 5) is 11.6. The highest BCUT2D eigenvalue weighted by molar-refractivity contribution is 5.75. The van der Waals surface area contributed by atoms with Gasteiger partial charge in [0.2, 0.25) is 5.91 Å². The zero-order valence-electron chi connectivity index (χ0n) is 11.6. The van der Waals surface area contributed by atoms with Crippen LogP contribution in [0, 0.1) is 5.92 Å². The van der Waals surface area contributed by atoms with Crippen LogP contribution in [-0.4, -0.2) is 31.3 Å². The van der Waals surface area contributed by atoms with E-state index in [9.17, 15) is 4.79 Å². The molecule has 0 bridgehead atoms. The molecule has 0 saturated carbocycles. The lowest BCUT2D eigenvalue weighted by atomic mass is 10.1. The Hall–Kier alpha value is -2.25. The summed E-state index contributed by atoms with van der Waals surface area (Å²) in [6.07, 6.45) is 2.66. The summed E-state index contributed by atoms with van der Waals surface area (Å²) in [5.74, 6) is 1.11. The number of tetrazole rings is 1. The molecule has 2 heterocycles. The number of carbonyl (C=O) groups excluding carboxylic acids is 1. The number of rotatable bonds is 7. The van der Waals surface area contributed by atoms with Crippen LogP contribution in [0.2, 0.25) is 0 Å². The summed E-state index contributed by atoms with van der Waals surface area (Å²) in [5, 5.41) is 17.4. The van der Waals surface area contributed by atoms with Crippen molar-refractivity contribution in [1.29, 1.82) is 0 Å². The molecule has 0 aliphatic rings. The van der Waals surface area contributed by atoms with E-state index in [-0.39, 0.29) is 5.91 Å². The standard InChI is InChI=1S/C12H18N6O2/c1-9(2)5-10-6-11(20-15-10)7-13-12(19)3-4-18-8-14-16-17-18/h6,8-9H,3-5,7H2,1-2H3,(H,13,19). The molecule has 0 aromatic carbocycles. The van der Waals surface area contributed by atoms with Gasteiger partial charge in [-0.2, -0.15) is 0 Å². The Morgan fingerprint density at radius 2 is 2.35 bits per heavy atom. The molecule has 0 atom stereocenters. The average Bonchev–Trinajstić information content (AvgIpc) is 3.04. The molecule has 0 aliphatic heterocycles. The minimum absolute atomic E-state index is 0.0812. The molecule has 2 rings (SSSR count). The molecule has 0 fully saturated rings. The molecule has 1 N–H and O–H groups in total. The highest BCUT2D eigenvalue weighted by atomic mass is 16.5. The number of hydrogen-bond donors (Lipinski definition) is 1. The van der Waals surface area contributed by atoms with Gasteiger partial charge in [-0.05, 0) is 22.8 Å². The Morgan fingerprint density at radius 3 is 3.05 bits per heavy atom. The lowest BCUT2D eigenvalue weighted by Gasteiger charge is -2.02. The number of aryl methyl sites for hydroxylation is 1. The molecule has 0 unspecified atom stereocenters. The van der Waals surface area contributed by atoms with Gasteiger partial charge in [0.25, 0.3) is 0 Å². The maximum Gasteiger partial charge on any atom is 0.222 e. The monoisotopic (exact) mass is 278 g/mol. The predicted octanol–water partition coefficient (Wildman–Crippen LogP) is 0.566. The quantitative estimate of drug-likeness (QED) is 0.794. The first kappa shape index (κ1) is 14.2. The summed E-state index contributed by atoms with van der Waals surface area (Å²) in [7, 11) is 0. The topological polar surface area (TPSA) is 98.7 Å². The van der Waals surface area contributed by atoms with E-state index in [1.807, 2.05) is 6.07 Å². The second-order valence-electron chi connectivity index (χ2n) is 4.98. The summed E-state index contributed by atoms with van der Waals surface area (Å²) in [6, 6.07) is 1.88. The summed E-state index contributed by atoms with van der Waals surface area (Å²) in [6.45, 7) is 5.04.